The molecule has 7 nitrogen and oxygen atoms in total. The zero-order chi connectivity index (χ0) is 17.8. The lowest BCUT2D eigenvalue weighted by atomic mass is 9.97. The van der Waals surface area contributed by atoms with Crippen LogP contribution in [-0.2, 0) is 11.8 Å². The molecule has 1 atom stereocenters. The summed E-state index contributed by atoms with van der Waals surface area (Å²) in [7, 11) is 1.79. The summed E-state index contributed by atoms with van der Waals surface area (Å²) < 4.78 is 1.65. The SMILES string of the molecule is Cc1cc(NC(=O)[C@H]2CCCN(C(=O)Nc3ccccc3)C2)n(C)n1. The van der Waals surface area contributed by atoms with Gasteiger partial charge in [-0.25, -0.2) is 4.79 Å². The normalized spacial score (nSPS) is 17.2. The van der Waals surface area contributed by atoms with E-state index in [1.807, 2.05) is 43.3 Å². The van der Waals surface area contributed by atoms with Crippen molar-refractivity contribution in [2.24, 2.45) is 13.0 Å². The number of likely N-dealkylation sites (tertiary alicyclic amines) is 1. The van der Waals surface area contributed by atoms with E-state index in [9.17, 15) is 9.59 Å². The third-order valence-corrected chi connectivity index (χ3v) is 4.36. The van der Waals surface area contributed by atoms with Crippen LogP contribution in [0.25, 0.3) is 0 Å². The zero-order valence-electron chi connectivity index (χ0n) is 14.5. The van der Waals surface area contributed by atoms with Crippen molar-refractivity contribution < 1.29 is 9.59 Å². The number of hydrogen-bond donors (Lipinski definition) is 2. The highest BCUT2D eigenvalue weighted by molar-refractivity contribution is 5.93. The topological polar surface area (TPSA) is 79.3 Å². The second-order valence-electron chi connectivity index (χ2n) is 6.37. The Morgan fingerprint density at radius 3 is 2.64 bits per heavy atom. The van der Waals surface area contributed by atoms with Crippen LogP contribution in [0, 0.1) is 12.8 Å². The molecule has 2 aromatic rings. The monoisotopic (exact) mass is 341 g/mol. The Morgan fingerprint density at radius 2 is 1.96 bits per heavy atom. The number of benzene rings is 1. The van der Waals surface area contributed by atoms with Crippen molar-refractivity contribution in [3.8, 4) is 0 Å². The number of nitrogens with one attached hydrogen (secondary N) is 2. The first-order valence-corrected chi connectivity index (χ1v) is 8.45. The molecule has 0 spiro atoms. The molecule has 1 aliphatic heterocycles. The van der Waals surface area contributed by atoms with Gasteiger partial charge in [-0.1, -0.05) is 18.2 Å². The Morgan fingerprint density at radius 1 is 1.20 bits per heavy atom. The van der Waals surface area contributed by atoms with Gasteiger partial charge in [-0.2, -0.15) is 5.10 Å². The van der Waals surface area contributed by atoms with Crippen molar-refractivity contribution in [1.29, 1.82) is 0 Å². The molecule has 132 valence electrons. The number of amides is 3. The third-order valence-electron chi connectivity index (χ3n) is 4.36. The number of carbonyl (C=O) groups excluding carboxylic acids is 2. The van der Waals surface area contributed by atoms with Crippen LogP contribution in [0.4, 0.5) is 16.3 Å². The Hall–Kier alpha value is -2.83. The van der Waals surface area contributed by atoms with Gasteiger partial charge in [0.05, 0.1) is 11.6 Å². The second kappa shape index (κ2) is 7.38. The van der Waals surface area contributed by atoms with E-state index in [2.05, 4.69) is 15.7 Å². The van der Waals surface area contributed by atoms with Crippen molar-refractivity contribution in [3.63, 3.8) is 0 Å². The van der Waals surface area contributed by atoms with Crippen LogP contribution in [-0.4, -0.2) is 39.7 Å². The molecule has 0 aliphatic carbocycles. The van der Waals surface area contributed by atoms with Crippen LogP contribution in [0.15, 0.2) is 36.4 Å². The van der Waals surface area contributed by atoms with E-state index < -0.39 is 0 Å². The van der Waals surface area contributed by atoms with E-state index in [1.54, 1.807) is 16.6 Å². The Balaban J connectivity index is 1.59. The summed E-state index contributed by atoms with van der Waals surface area (Å²) in [5.41, 5.74) is 1.61. The lowest BCUT2D eigenvalue weighted by molar-refractivity contribution is -0.121. The largest absolute Gasteiger partial charge is 0.324 e. The second-order valence-corrected chi connectivity index (χ2v) is 6.37. The number of rotatable bonds is 3. The highest BCUT2D eigenvalue weighted by Gasteiger charge is 2.29. The van der Waals surface area contributed by atoms with E-state index in [4.69, 9.17) is 0 Å². The predicted molar refractivity (Wildman–Crippen MR) is 96.3 cm³/mol. The van der Waals surface area contributed by atoms with Gasteiger partial charge >= 0.3 is 6.03 Å². The molecular formula is C18H23N5O2. The van der Waals surface area contributed by atoms with Crippen LogP contribution in [0.5, 0.6) is 0 Å². The number of hydrogen-bond acceptors (Lipinski definition) is 3. The number of nitrogens with zero attached hydrogens (tertiary/aromatic N) is 3. The predicted octanol–water partition coefficient (Wildman–Crippen LogP) is 2.61. The number of carbonyl (C=O) groups is 2. The lowest BCUT2D eigenvalue weighted by Gasteiger charge is -2.32. The van der Waals surface area contributed by atoms with Gasteiger partial charge in [0.1, 0.15) is 5.82 Å². The molecule has 3 amide bonds. The highest BCUT2D eigenvalue weighted by atomic mass is 16.2. The number of piperidine rings is 1. The molecule has 0 radical (unpaired) electrons. The summed E-state index contributed by atoms with van der Waals surface area (Å²) in [5.74, 6) is 0.388. The highest BCUT2D eigenvalue weighted by Crippen LogP contribution is 2.20. The first-order chi connectivity index (χ1) is 12.0. The zero-order valence-corrected chi connectivity index (χ0v) is 14.5. The maximum atomic E-state index is 12.5. The molecule has 1 aromatic carbocycles. The smallest absolute Gasteiger partial charge is 0.321 e. The van der Waals surface area contributed by atoms with Crippen molar-refractivity contribution in [1.82, 2.24) is 14.7 Å². The lowest BCUT2D eigenvalue weighted by Crippen LogP contribution is -2.45. The van der Waals surface area contributed by atoms with Crippen LogP contribution in [0.1, 0.15) is 18.5 Å². The molecule has 25 heavy (non-hydrogen) atoms. The van der Waals surface area contributed by atoms with Gasteiger partial charge in [0.2, 0.25) is 5.91 Å². The quantitative estimate of drug-likeness (QED) is 0.901. The summed E-state index contributed by atoms with van der Waals surface area (Å²) >= 11 is 0. The molecule has 1 aliphatic rings. The number of urea groups is 1. The summed E-state index contributed by atoms with van der Waals surface area (Å²) in [6.45, 7) is 2.96. The fourth-order valence-corrected chi connectivity index (χ4v) is 3.06. The fraction of sp³-hybridized carbons (Fsp3) is 0.389. The number of aromatic nitrogens is 2. The van der Waals surface area contributed by atoms with Crippen molar-refractivity contribution in [3.05, 3.63) is 42.1 Å². The Labute approximate surface area is 147 Å². The van der Waals surface area contributed by atoms with Crippen LogP contribution >= 0.6 is 0 Å². The first-order valence-electron chi connectivity index (χ1n) is 8.45. The van der Waals surface area contributed by atoms with Gasteiger partial charge in [0.15, 0.2) is 0 Å². The van der Waals surface area contributed by atoms with Gasteiger partial charge in [0, 0.05) is 31.9 Å². The number of para-hydroxylation sites is 1. The van der Waals surface area contributed by atoms with E-state index >= 15 is 0 Å². The van der Waals surface area contributed by atoms with Crippen molar-refractivity contribution >= 4 is 23.4 Å². The maximum Gasteiger partial charge on any atom is 0.321 e. The fourth-order valence-electron chi connectivity index (χ4n) is 3.06. The first kappa shape index (κ1) is 17.0. The van der Waals surface area contributed by atoms with E-state index in [0.29, 0.717) is 18.9 Å². The molecule has 3 rings (SSSR count). The molecule has 7 heteroatoms. The minimum absolute atomic E-state index is 0.0692. The van der Waals surface area contributed by atoms with E-state index in [0.717, 1.165) is 24.2 Å². The van der Waals surface area contributed by atoms with Gasteiger partial charge in [-0.3, -0.25) is 9.48 Å². The minimum Gasteiger partial charge on any atom is -0.324 e. The van der Waals surface area contributed by atoms with E-state index in [1.165, 1.54) is 0 Å². The third kappa shape index (κ3) is 4.17. The molecule has 2 N–H and O–H groups in total. The summed E-state index contributed by atoms with van der Waals surface area (Å²) in [6.07, 6.45) is 1.59. The van der Waals surface area contributed by atoms with Crippen molar-refractivity contribution in [2.45, 2.75) is 19.8 Å². The van der Waals surface area contributed by atoms with Gasteiger partial charge in [-0.05, 0) is 31.9 Å². The molecule has 1 fully saturated rings. The van der Waals surface area contributed by atoms with Gasteiger partial charge < -0.3 is 15.5 Å². The van der Waals surface area contributed by atoms with E-state index in [-0.39, 0.29) is 17.9 Å². The number of anilines is 2. The van der Waals surface area contributed by atoms with Crippen LogP contribution < -0.4 is 10.6 Å². The minimum atomic E-state index is -0.217. The molecular weight excluding hydrogens is 318 g/mol. The van der Waals surface area contributed by atoms with Crippen molar-refractivity contribution in [2.75, 3.05) is 23.7 Å². The number of aryl methyl sites for hydroxylation is 2. The average molecular weight is 341 g/mol. The molecule has 2 heterocycles. The summed E-state index contributed by atoms with van der Waals surface area (Å²) in [6, 6.07) is 11.0. The van der Waals surface area contributed by atoms with Crippen LogP contribution in [0.2, 0.25) is 0 Å². The average Bonchev–Trinajstić information content (AvgIpc) is 2.93. The Kier molecular flexibility index (Phi) is 5.02. The molecule has 1 saturated heterocycles. The van der Waals surface area contributed by atoms with Crippen LogP contribution in [0.3, 0.4) is 0 Å². The molecule has 0 bridgehead atoms. The molecule has 0 saturated carbocycles. The molecule has 0 unspecified atom stereocenters. The Bertz CT molecular complexity index is 756. The standard InChI is InChI=1S/C18H23N5O2/c1-13-11-16(22(2)21-13)20-17(24)14-7-6-10-23(12-14)18(25)19-15-8-4-3-5-9-15/h3-5,8-9,11,14H,6-7,10,12H2,1-2H3,(H,19,25)(H,20,24)/t14-/m0/s1. The summed E-state index contributed by atoms with van der Waals surface area (Å²) in [5, 5.41) is 10.0. The van der Waals surface area contributed by atoms with Gasteiger partial charge in [-0.15, -0.1) is 0 Å². The molecule has 1 aromatic heterocycles. The summed E-state index contributed by atoms with van der Waals surface area (Å²) in [4.78, 5) is 26.7. The maximum absolute atomic E-state index is 12.5. The van der Waals surface area contributed by atoms with Gasteiger partial charge in [0.25, 0.3) is 0 Å².